The number of ketones is 1. The fourth-order valence-corrected chi connectivity index (χ4v) is 5.40. The van der Waals surface area contributed by atoms with Crippen molar-refractivity contribution in [2.45, 2.75) is 31.0 Å². The first-order valence-corrected chi connectivity index (χ1v) is 12.3. The van der Waals surface area contributed by atoms with Gasteiger partial charge in [-0.25, -0.2) is 0 Å². The van der Waals surface area contributed by atoms with Crippen molar-refractivity contribution in [2.24, 2.45) is 0 Å². The molecule has 0 saturated heterocycles. The summed E-state index contributed by atoms with van der Waals surface area (Å²) in [5.74, 6) is -2.90. The van der Waals surface area contributed by atoms with E-state index in [9.17, 15) is 35.4 Å². The van der Waals surface area contributed by atoms with Crippen LogP contribution in [-0.2, 0) is 6.42 Å². The SMILES string of the molecule is O=C(c1c(O)cc(O)cc1O)C1c2c(cc(O)c3c2OC(c2ccc(O)cc2)CC3)OC1c1ccc(O)cc1. The predicted octanol–water partition coefficient (Wildman–Crippen LogP) is 5.09. The summed E-state index contributed by atoms with van der Waals surface area (Å²) in [7, 11) is 0. The lowest BCUT2D eigenvalue weighted by Gasteiger charge is -2.29. The third-order valence-electron chi connectivity index (χ3n) is 7.24. The highest BCUT2D eigenvalue weighted by molar-refractivity contribution is 6.07. The van der Waals surface area contributed by atoms with Gasteiger partial charge in [0.25, 0.3) is 0 Å². The molecule has 4 aromatic rings. The average molecular weight is 529 g/mol. The summed E-state index contributed by atoms with van der Waals surface area (Å²) in [5.41, 5.74) is 1.77. The number of hydrogen-bond donors (Lipinski definition) is 6. The Morgan fingerprint density at radius 2 is 1.28 bits per heavy atom. The number of hydrogen-bond acceptors (Lipinski definition) is 9. The molecule has 4 aromatic carbocycles. The zero-order chi connectivity index (χ0) is 27.4. The molecule has 3 atom stereocenters. The van der Waals surface area contributed by atoms with Crippen molar-refractivity contribution >= 4 is 5.78 Å². The van der Waals surface area contributed by atoms with Gasteiger partial charge in [0.15, 0.2) is 5.78 Å². The van der Waals surface area contributed by atoms with Crippen molar-refractivity contribution in [2.75, 3.05) is 0 Å². The van der Waals surface area contributed by atoms with Crippen LogP contribution >= 0.6 is 0 Å². The Morgan fingerprint density at radius 1 is 0.692 bits per heavy atom. The second-order valence-corrected chi connectivity index (χ2v) is 9.68. The van der Waals surface area contributed by atoms with E-state index in [2.05, 4.69) is 0 Å². The number of phenolic OH excluding ortho intramolecular Hbond substituents is 6. The molecule has 0 aromatic heterocycles. The maximum absolute atomic E-state index is 14.1. The molecule has 0 radical (unpaired) electrons. The monoisotopic (exact) mass is 528 g/mol. The van der Waals surface area contributed by atoms with Gasteiger partial charge in [-0.3, -0.25) is 4.79 Å². The van der Waals surface area contributed by atoms with E-state index >= 15 is 0 Å². The number of fused-ring (bicyclic) bond motifs is 3. The lowest BCUT2D eigenvalue weighted by Crippen LogP contribution is -2.22. The summed E-state index contributed by atoms with van der Waals surface area (Å²) in [6.45, 7) is 0. The van der Waals surface area contributed by atoms with Crippen LogP contribution in [0.1, 0.15) is 57.2 Å². The highest BCUT2D eigenvalue weighted by Gasteiger charge is 2.47. The van der Waals surface area contributed by atoms with Gasteiger partial charge in [-0.2, -0.15) is 0 Å². The molecule has 0 spiro atoms. The minimum absolute atomic E-state index is 0.0149. The second kappa shape index (κ2) is 9.05. The van der Waals surface area contributed by atoms with E-state index in [1.54, 1.807) is 36.4 Å². The van der Waals surface area contributed by atoms with Gasteiger partial charge in [0.05, 0.1) is 11.5 Å². The highest BCUT2D eigenvalue weighted by Crippen LogP contribution is 2.57. The summed E-state index contributed by atoms with van der Waals surface area (Å²) in [5, 5.41) is 61.2. The van der Waals surface area contributed by atoms with Crippen LogP contribution in [0.25, 0.3) is 0 Å². The third kappa shape index (κ3) is 4.08. The molecule has 6 rings (SSSR count). The molecule has 0 amide bonds. The fraction of sp³-hybridized carbons (Fsp3) is 0.167. The molecule has 0 aliphatic carbocycles. The number of carbonyl (C=O) groups is 1. The molecule has 2 aliphatic heterocycles. The summed E-state index contributed by atoms with van der Waals surface area (Å²) < 4.78 is 12.6. The molecular formula is C30H24O9. The number of aromatic hydroxyl groups is 6. The minimum atomic E-state index is -1.13. The predicted molar refractivity (Wildman–Crippen MR) is 138 cm³/mol. The molecule has 9 heteroatoms. The molecule has 39 heavy (non-hydrogen) atoms. The zero-order valence-electron chi connectivity index (χ0n) is 20.4. The summed E-state index contributed by atoms with van der Waals surface area (Å²) in [4.78, 5) is 14.1. The number of benzene rings is 4. The average Bonchev–Trinajstić information content (AvgIpc) is 3.28. The smallest absolute Gasteiger partial charge is 0.182 e. The Kier molecular flexibility index (Phi) is 5.64. The molecule has 0 saturated carbocycles. The van der Waals surface area contributed by atoms with E-state index in [4.69, 9.17) is 9.47 Å². The zero-order valence-corrected chi connectivity index (χ0v) is 20.4. The molecule has 3 unspecified atom stereocenters. The number of ether oxygens (including phenoxy) is 2. The number of rotatable bonds is 4. The van der Waals surface area contributed by atoms with Crippen LogP contribution in [0.5, 0.6) is 46.0 Å². The van der Waals surface area contributed by atoms with Crippen LogP contribution in [0.3, 0.4) is 0 Å². The number of carbonyl (C=O) groups excluding carboxylic acids is 1. The first-order valence-electron chi connectivity index (χ1n) is 12.3. The molecule has 198 valence electrons. The van der Waals surface area contributed by atoms with Crippen molar-refractivity contribution in [1.29, 1.82) is 0 Å². The molecule has 0 bridgehead atoms. The molecule has 2 heterocycles. The Labute approximate surface area is 222 Å². The largest absolute Gasteiger partial charge is 0.508 e. The van der Waals surface area contributed by atoms with Crippen LogP contribution in [0.2, 0.25) is 0 Å². The first-order chi connectivity index (χ1) is 18.7. The van der Waals surface area contributed by atoms with Crippen molar-refractivity contribution < 1.29 is 44.9 Å². The Bertz CT molecular complexity index is 1570. The molecule has 6 N–H and O–H groups in total. The van der Waals surface area contributed by atoms with Gasteiger partial charge in [0.1, 0.15) is 63.8 Å². The third-order valence-corrected chi connectivity index (χ3v) is 7.24. The van der Waals surface area contributed by atoms with E-state index in [1.165, 1.54) is 18.2 Å². The number of phenols is 6. The van der Waals surface area contributed by atoms with Gasteiger partial charge >= 0.3 is 0 Å². The summed E-state index contributed by atoms with van der Waals surface area (Å²) in [6, 6.07) is 16.0. The lowest BCUT2D eigenvalue weighted by molar-refractivity contribution is 0.0886. The Hall–Kier alpha value is -5.05. The van der Waals surface area contributed by atoms with E-state index in [0.717, 1.165) is 17.7 Å². The van der Waals surface area contributed by atoms with Crippen molar-refractivity contribution in [1.82, 2.24) is 0 Å². The van der Waals surface area contributed by atoms with Crippen LogP contribution < -0.4 is 9.47 Å². The van der Waals surface area contributed by atoms with Gasteiger partial charge in [0.2, 0.25) is 0 Å². The van der Waals surface area contributed by atoms with Gasteiger partial charge in [-0.1, -0.05) is 24.3 Å². The summed E-state index contributed by atoms with van der Waals surface area (Å²) in [6.07, 6.45) is -0.433. The maximum atomic E-state index is 14.1. The molecular weight excluding hydrogens is 504 g/mol. The van der Waals surface area contributed by atoms with Crippen molar-refractivity contribution in [3.05, 3.63) is 94.5 Å². The topological polar surface area (TPSA) is 157 Å². The van der Waals surface area contributed by atoms with E-state index in [1.807, 2.05) is 0 Å². The van der Waals surface area contributed by atoms with Crippen molar-refractivity contribution in [3.8, 4) is 46.0 Å². The van der Waals surface area contributed by atoms with E-state index < -0.39 is 46.7 Å². The van der Waals surface area contributed by atoms with Crippen LogP contribution in [0, 0.1) is 0 Å². The maximum Gasteiger partial charge on any atom is 0.182 e. The second-order valence-electron chi connectivity index (χ2n) is 9.68. The van der Waals surface area contributed by atoms with Gasteiger partial charge < -0.3 is 40.1 Å². The minimum Gasteiger partial charge on any atom is -0.508 e. The van der Waals surface area contributed by atoms with Gasteiger partial charge in [0, 0.05) is 23.8 Å². The molecule has 9 nitrogen and oxygen atoms in total. The Balaban J connectivity index is 1.52. The van der Waals surface area contributed by atoms with Gasteiger partial charge in [-0.15, -0.1) is 0 Å². The first kappa shape index (κ1) is 24.3. The standard InChI is InChI=1S/C30H24O9/c31-16-5-1-14(2-6-16)23-10-9-19-20(34)13-24-26(30(19)38-23)27(29(39-24)15-3-7-17(32)8-4-15)28(37)25-21(35)11-18(33)12-22(25)36/h1-8,11-13,23,27,29,31-36H,9-10H2. The number of Topliss-reactive ketones (excluding diaryl/α,β-unsaturated/α-hetero) is 1. The van der Waals surface area contributed by atoms with Crippen LogP contribution in [0.15, 0.2) is 66.7 Å². The van der Waals surface area contributed by atoms with Crippen LogP contribution in [0.4, 0.5) is 0 Å². The Morgan fingerprint density at radius 3 is 1.90 bits per heavy atom. The lowest BCUT2D eigenvalue weighted by atomic mass is 9.82. The quantitative estimate of drug-likeness (QED) is 0.199. The van der Waals surface area contributed by atoms with E-state index in [0.29, 0.717) is 29.5 Å². The van der Waals surface area contributed by atoms with Crippen LogP contribution in [-0.4, -0.2) is 36.4 Å². The summed E-state index contributed by atoms with van der Waals surface area (Å²) >= 11 is 0. The molecule has 2 aliphatic rings. The van der Waals surface area contributed by atoms with Gasteiger partial charge in [-0.05, 0) is 48.2 Å². The van der Waals surface area contributed by atoms with E-state index in [-0.39, 0.29) is 28.7 Å². The fourth-order valence-electron chi connectivity index (χ4n) is 5.40. The molecule has 0 fully saturated rings. The normalized spacial score (nSPS) is 19.4. The highest BCUT2D eigenvalue weighted by atomic mass is 16.5. The van der Waals surface area contributed by atoms with Crippen molar-refractivity contribution in [3.63, 3.8) is 0 Å².